The lowest BCUT2D eigenvalue weighted by Gasteiger charge is -2.29. The summed E-state index contributed by atoms with van der Waals surface area (Å²) in [5.41, 5.74) is 0. The van der Waals surface area contributed by atoms with Crippen LogP contribution in [0.15, 0.2) is 0 Å². The molecule has 1 unspecified atom stereocenters. The smallest absolute Gasteiger partial charge is 0.138 e. The molecular weight excluding hydrogens is 178 g/mol. The minimum Gasteiger partial charge on any atom is -0.302 e. The van der Waals surface area contributed by atoms with E-state index in [0.717, 1.165) is 26.1 Å². The Labute approximate surface area is 85.5 Å². The van der Waals surface area contributed by atoms with Crippen LogP contribution in [0, 0.1) is 5.92 Å². The van der Waals surface area contributed by atoms with Gasteiger partial charge in [-0.25, -0.2) is 0 Å². The van der Waals surface area contributed by atoms with E-state index >= 15 is 0 Å². The summed E-state index contributed by atoms with van der Waals surface area (Å²) in [5.74, 6) is 0.819. The largest absolute Gasteiger partial charge is 0.302 e. The zero-order chi connectivity index (χ0) is 10.6. The molecule has 1 heterocycles. The lowest BCUT2D eigenvalue weighted by atomic mass is 9.98. The normalized spacial score (nSPS) is 23.9. The van der Waals surface area contributed by atoms with Crippen molar-refractivity contribution >= 4 is 11.6 Å². The Morgan fingerprint density at radius 3 is 2.86 bits per heavy atom. The molecule has 14 heavy (non-hydrogen) atoms. The predicted octanol–water partition coefficient (Wildman–Crippen LogP) is 1.27. The van der Waals surface area contributed by atoms with Gasteiger partial charge in [-0.1, -0.05) is 6.92 Å². The first-order valence-corrected chi connectivity index (χ1v) is 5.34. The van der Waals surface area contributed by atoms with Gasteiger partial charge in [-0.05, 0) is 19.9 Å². The fourth-order valence-corrected chi connectivity index (χ4v) is 1.85. The molecule has 0 N–H and O–H groups in total. The van der Waals surface area contributed by atoms with Crippen LogP contribution < -0.4 is 0 Å². The molecule has 1 aliphatic heterocycles. The highest BCUT2D eigenvalue weighted by molar-refractivity contribution is 5.81. The van der Waals surface area contributed by atoms with Gasteiger partial charge in [0.05, 0.1) is 0 Å². The Hall–Kier alpha value is -0.700. The molecule has 0 aliphatic carbocycles. The maximum atomic E-state index is 11.2. The summed E-state index contributed by atoms with van der Waals surface area (Å²) in [6.07, 6.45) is 2.27. The molecule has 1 rings (SSSR count). The van der Waals surface area contributed by atoms with Gasteiger partial charge in [0.25, 0.3) is 0 Å². The third kappa shape index (κ3) is 3.58. The number of hydrogen-bond acceptors (Lipinski definition) is 3. The van der Waals surface area contributed by atoms with E-state index in [9.17, 15) is 9.59 Å². The second-order valence-corrected chi connectivity index (χ2v) is 4.22. The van der Waals surface area contributed by atoms with Gasteiger partial charge in [0.15, 0.2) is 0 Å². The highest BCUT2D eigenvalue weighted by Crippen LogP contribution is 2.12. The Bertz CT molecular complexity index is 225. The van der Waals surface area contributed by atoms with Crippen LogP contribution in [0.1, 0.15) is 33.1 Å². The van der Waals surface area contributed by atoms with Gasteiger partial charge < -0.3 is 9.69 Å². The number of carbonyl (C=O) groups is 2. The number of rotatable bonds is 4. The molecule has 3 heteroatoms. The second-order valence-electron chi connectivity index (χ2n) is 4.22. The number of hydrogen-bond donors (Lipinski definition) is 0. The zero-order valence-electron chi connectivity index (χ0n) is 9.08. The van der Waals surface area contributed by atoms with Crippen molar-refractivity contribution in [2.45, 2.75) is 33.1 Å². The Morgan fingerprint density at radius 2 is 2.29 bits per heavy atom. The fourth-order valence-electron chi connectivity index (χ4n) is 1.85. The van der Waals surface area contributed by atoms with Gasteiger partial charge in [0, 0.05) is 31.8 Å². The lowest BCUT2D eigenvalue weighted by molar-refractivity contribution is -0.125. The van der Waals surface area contributed by atoms with Crippen LogP contribution in [0.4, 0.5) is 0 Å². The maximum Gasteiger partial charge on any atom is 0.138 e. The first-order chi connectivity index (χ1) is 6.59. The van der Waals surface area contributed by atoms with Crippen molar-refractivity contribution in [2.75, 3.05) is 19.6 Å². The molecule has 0 amide bonds. The SMILES string of the molecule is CC(=O)CCCN1CCC(=O)C(C)C1. The average Bonchev–Trinajstić information content (AvgIpc) is 2.10. The summed E-state index contributed by atoms with van der Waals surface area (Å²) < 4.78 is 0. The summed E-state index contributed by atoms with van der Waals surface area (Å²) in [5, 5.41) is 0. The lowest BCUT2D eigenvalue weighted by Crippen LogP contribution is -2.40. The van der Waals surface area contributed by atoms with Crippen LogP contribution in [-0.2, 0) is 9.59 Å². The standard InChI is InChI=1S/C11H19NO2/c1-9-8-12(7-5-11(9)14)6-3-4-10(2)13/h9H,3-8H2,1-2H3. The molecule has 0 radical (unpaired) electrons. The van der Waals surface area contributed by atoms with Crippen LogP contribution in [0.3, 0.4) is 0 Å². The highest BCUT2D eigenvalue weighted by Gasteiger charge is 2.22. The van der Waals surface area contributed by atoms with Crippen LogP contribution in [0.2, 0.25) is 0 Å². The van der Waals surface area contributed by atoms with Crippen molar-refractivity contribution in [3.8, 4) is 0 Å². The molecule has 0 aromatic heterocycles. The molecule has 0 bridgehead atoms. The van der Waals surface area contributed by atoms with Gasteiger partial charge in [-0.2, -0.15) is 0 Å². The van der Waals surface area contributed by atoms with Gasteiger partial charge in [-0.15, -0.1) is 0 Å². The molecule has 0 aromatic rings. The van der Waals surface area contributed by atoms with Crippen LogP contribution >= 0.6 is 0 Å². The van der Waals surface area contributed by atoms with E-state index in [0.29, 0.717) is 18.6 Å². The van der Waals surface area contributed by atoms with Gasteiger partial charge in [0.2, 0.25) is 0 Å². The summed E-state index contributed by atoms with van der Waals surface area (Å²) in [6.45, 7) is 6.32. The Kier molecular flexibility index (Phi) is 4.26. The van der Waals surface area contributed by atoms with E-state index < -0.39 is 0 Å². The summed E-state index contributed by atoms with van der Waals surface area (Å²) >= 11 is 0. The van der Waals surface area contributed by atoms with E-state index in [1.165, 1.54) is 0 Å². The van der Waals surface area contributed by atoms with Gasteiger partial charge in [-0.3, -0.25) is 4.79 Å². The maximum absolute atomic E-state index is 11.2. The molecule has 1 fully saturated rings. The molecule has 0 aromatic carbocycles. The van der Waals surface area contributed by atoms with E-state index in [2.05, 4.69) is 4.90 Å². The third-order valence-corrected chi connectivity index (χ3v) is 2.76. The van der Waals surface area contributed by atoms with Gasteiger partial charge in [0.1, 0.15) is 11.6 Å². The Balaban J connectivity index is 2.20. The van der Waals surface area contributed by atoms with Crippen molar-refractivity contribution in [1.29, 1.82) is 0 Å². The van der Waals surface area contributed by atoms with Crippen LogP contribution in [0.25, 0.3) is 0 Å². The number of nitrogens with zero attached hydrogens (tertiary/aromatic N) is 1. The first-order valence-electron chi connectivity index (χ1n) is 5.34. The monoisotopic (exact) mass is 197 g/mol. The topological polar surface area (TPSA) is 37.4 Å². The highest BCUT2D eigenvalue weighted by atomic mass is 16.1. The molecule has 0 saturated carbocycles. The molecule has 80 valence electrons. The summed E-state index contributed by atoms with van der Waals surface area (Å²) in [4.78, 5) is 24.3. The zero-order valence-corrected chi connectivity index (χ0v) is 9.08. The summed E-state index contributed by atoms with van der Waals surface area (Å²) in [7, 11) is 0. The van der Waals surface area contributed by atoms with E-state index in [1.807, 2.05) is 6.92 Å². The number of likely N-dealkylation sites (tertiary alicyclic amines) is 1. The van der Waals surface area contributed by atoms with Crippen molar-refractivity contribution in [2.24, 2.45) is 5.92 Å². The van der Waals surface area contributed by atoms with Gasteiger partial charge >= 0.3 is 0 Å². The number of piperidine rings is 1. The van der Waals surface area contributed by atoms with Crippen molar-refractivity contribution < 1.29 is 9.59 Å². The molecular formula is C11H19NO2. The third-order valence-electron chi connectivity index (χ3n) is 2.76. The number of carbonyl (C=O) groups excluding carboxylic acids is 2. The first kappa shape index (κ1) is 11.4. The predicted molar refractivity (Wildman–Crippen MR) is 55.1 cm³/mol. The van der Waals surface area contributed by atoms with Crippen LogP contribution in [-0.4, -0.2) is 36.1 Å². The second kappa shape index (κ2) is 5.25. The minimum atomic E-state index is 0.182. The molecule has 0 spiro atoms. The number of ketones is 2. The molecule has 3 nitrogen and oxygen atoms in total. The molecule has 1 saturated heterocycles. The molecule has 1 atom stereocenters. The van der Waals surface area contributed by atoms with E-state index in [1.54, 1.807) is 6.92 Å². The van der Waals surface area contributed by atoms with E-state index in [-0.39, 0.29) is 11.7 Å². The fraction of sp³-hybridized carbons (Fsp3) is 0.818. The minimum absolute atomic E-state index is 0.182. The van der Waals surface area contributed by atoms with Crippen molar-refractivity contribution in [3.63, 3.8) is 0 Å². The average molecular weight is 197 g/mol. The van der Waals surface area contributed by atoms with Crippen molar-refractivity contribution in [1.82, 2.24) is 4.90 Å². The Morgan fingerprint density at radius 1 is 1.57 bits per heavy atom. The van der Waals surface area contributed by atoms with Crippen molar-refractivity contribution in [3.05, 3.63) is 0 Å². The quantitative estimate of drug-likeness (QED) is 0.681. The van der Waals surface area contributed by atoms with Crippen LogP contribution in [0.5, 0.6) is 0 Å². The number of Topliss-reactive ketones (excluding diaryl/α,β-unsaturated/α-hetero) is 2. The molecule has 1 aliphatic rings. The summed E-state index contributed by atoms with van der Waals surface area (Å²) in [6, 6.07) is 0. The van der Waals surface area contributed by atoms with E-state index in [4.69, 9.17) is 0 Å².